The van der Waals surface area contributed by atoms with Crippen LogP contribution in [0.4, 0.5) is 13.2 Å². The van der Waals surface area contributed by atoms with Crippen molar-refractivity contribution in [3.8, 4) is 0 Å². The first-order valence-electron chi connectivity index (χ1n) is 4.96. The third-order valence-corrected chi connectivity index (χ3v) is 5.14. The molecule has 0 amide bonds. The Morgan fingerprint density at radius 1 is 1.12 bits per heavy atom. The largest absolute Gasteiger partial charge is 0.416 e. The second-order valence-electron chi connectivity index (χ2n) is 4.70. The van der Waals surface area contributed by atoms with Gasteiger partial charge >= 0.3 is 6.18 Å². The second-order valence-corrected chi connectivity index (χ2v) is 9.27. The van der Waals surface area contributed by atoms with Crippen molar-refractivity contribution in [3.05, 3.63) is 35.4 Å². The lowest BCUT2D eigenvalue weighted by Gasteiger charge is -2.34. The highest BCUT2D eigenvalue weighted by Gasteiger charge is 2.31. The van der Waals surface area contributed by atoms with Crippen LogP contribution >= 0.6 is 10.0 Å². The summed E-state index contributed by atoms with van der Waals surface area (Å²) in [6, 6.07) is 5.65. The third kappa shape index (κ3) is 3.17. The van der Waals surface area contributed by atoms with Crippen molar-refractivity contribution < 1.29 is 13.2 Å². The zero-order valence-corrected chi connectivity index (χ0v) is 10.7. The molecule has 4 heteroatoms. The molecule has 0 saturated heterocycles. The minimum absolute atomic E-state index is 0.176. The monoisotopic (exact) mass is 250 g/mol. The van der Waals surface area contributed by atoms with Gasteiger partial charge in [0.25, 0.3) is 0 Å². The van der Waals surface area contributed by atoms with Gasteiger partial charge in [-0.2, -0.15) is 13.2 Å². The number of alkyl halides is 3. The third-order valence-electron chi connectivity index (χ3n) is 2.74. The highest BCUT2D eigenvalue weighted by Crippen LogP contribution is 2.51. The van der Waals surface area contributed by atoms with Crippen molar-refractivity contribution >= 4 is 10.0 Å². The molecule has 16 heavy (non-hydrogen) atoms. The Labute approximate surface area is 96.2 Å². The van der Waals surface area contributed by atoms with Crippen molar-refractivity contribution in [1.29, 1.82) is 0 Å². The van der Waals surface area contributed by atoms with Crippen LogP contribution in [0.1, 0.15) is 23.3 Å². The van der Waals surface area contributed by atoms with Crippen LogP contribution in [0.3, 0.4) is 0 Å². The van der Waals surface area contributed by atoms with E-state index in [0.717, 1.165) is 11.6 Å². The van der Waals surface area contributed by atoms with Crippen LogP contribution < -0.4 is 0 Å². The highest BCUT2D eigenvalue weighted by atomic mass is 32.3. The van der Waals surface area contributed by atoms with E-state index in [2.05, 4.69) is 18.8 Å². The summed E-state index contributed by atoms with van der Waals surface area (Å²) in [7, 11) is -0.885. The Morgan fingerprint density at radius 2 is 1.69 bits per heavy atom. The molecular weight excluding hydrogens is 233 g/mol. The predicted octanol–water partition coefficient (Wildman–Crippen LogP) is 4.46. The van der Waals surface area contributed by atoms with Gasteiger partial charge in [0, 0.05) is 5.25 Å². The van der Waals surface area contributed by atoms with Crippen LogP contribution in [0.25, 0.3) is 0 Å². The van der Waals surface area contributed by atoms with Gasteiger partial charge in [0.05, 0.1) is 5.56 Å². The van der Waals surface area contributed by atoms with Gasteiger partial charge < -0.3 is 0 Å². The molecule has 1 aromatic carbocycles. The van der Waals surface area contributed by atoms with Gasteiger partial charge in [0.2, 0.25) is 0 Å². The first-order chi connectivity index (χ1) is 7.12. The molecule has 0 spiro atoms. The summed E-state index contributed by atoms with van der Waals surface area (Å²) < 4.78 is 37.6. The normalized spacial score (nSPS) is 15.9. The van der Waals surface area contributed by atoms with E-state index in [1.807, 2.05) is 6.92 Å². The van der Waals surface area contributed by atoms with Crippen LogP contribution in [-0.4, -0.2) is 18.8 Å². The molecule has 0 radical (unpaired) electrons. The quantitative estimate of drug-likeness (QED) is 0.727. The van der Waals surface area contributed by atoms with E-state index in [1.165, 1.54) is 12.1 Å². The summed E-state index contributed by atoms with van der Waals surface area (Å²) in [5.41, 5.74) is 0.220. The fraction of sp³-hybridized carbons (Fsp3) is 0.500. The van der Waals surface area contributed by atoms with Crippen molar-refractivity contribution in [3.63, 3.8) is 0 Å². The Hall–Kier alpha value is -0.640. The number of hydrogen-bond acceptors (Lipinski definition) is 0. The Bertz CT molecular complexity index is 363. The van der Waals surface area contributed by atoms with E-state index in [-0.39, 0.29) is 5.25 Å². The molecule has 0 bridgehead atoms. The summed E-state index contributed by atoms with van der Waals surface area (Å²) in [5.74, 6) is 0. The number of benzene rings is 1. The van der Waals surface area contributed by atoms with Gasteiger partial charge in [-0.25, -0.2) is 10.0 Å². The summed E-state index contributed by atoms with van der Waals surface area (Å²) in [4.78, 5) is 0. The maximum absolute atomic E-state index is 12.5. The molecule has 0 heterocycles. The van der Waals surface area contributed by atoms with E-state index < -0.39 is 21.8 Å². The van der Waals surface area contributed by atoms with Gasteiger partial charge in [-0.05, 0) is 30.4 Å². The molecule has 1 atom stereocenters. The fourth-order valence-electron chi connectivity index (χ4n) is 1.38. The zero-order chi connectivity index (χ0) is 12.6. The predicted molar refractivity (Wildman–Crippen MR) is 65.2 cm³/mol. The van der Waals surface area contributed by atoms with Gasteiger partial charge in [0.1, 0.15) is 0 Å². The highest BCUT2D eigenvalue weighted by molar-refractivity contribution is 8.32. The topological polar surface area (TPSA) is 0 Å². The molecular formula is C12H17F3S. The number of halogens is 3. The van der Waals surface area contributed by atoms with Gasteiger partial charge in [-0.3, -0.25) is 0 Å². The van der Waals surface area contributed by atoms with Crippen molar-refractivity contribution in [1.82, 2.24) is 0 Å². The van der Waals surface area contributed by atoms with Crippen LogP contribution in [0, 0.1) is 0 Å². The minimum Gasteiger partial charge on any atom is -0.243 e. The zero-order valence-electron chi connectivity index (χ0n) is 9.93. The Kier molecular flexibility index (Phi) is 3.62. The van der Waals surface area contributed by atoms with Crippen LogP contribution in [0.5, 0.6) is 0 Å². The van der Waals surface area contributed by atoms with Crippen molar-refractivity contribution in [2.24, 2.45) is 0 Å². The molecule has 0 aliphatic heterocycles. The van der Waals surface area contributed by atoms with E-state index in [4.69, 9.17) is 0 Å². The lowest BCUT2D eigenvalue weighted by Crippen LogP contribution is -2.08. The van der Waals surface area contributed by atoms with Gasteiger partial charge in [-0.1, -0.05) is 25.1 Å². The fourth-order valence-corrected chi connectivity index (χ4v) is 2.34. The van der Waals surface area contributed by atoms with E-state index >= 15 is 0 Å². The standard InChI is InChI=1S/C12H17F3S/c1-9(16(2,3)4)10-6-5-7-11(8-10)12(13,14)15/h5-9H,1-4H3. The maximum Gasteiger partial charge on any atom is 0.416 e. The average molecular weight is 250 g/mol. The molecule has 1 rings (SSSR count). The molecule has 0 nitrogen and oxygen atoms in total. The Balaban J connectivity index is 3.09. The van der Waals surface area contributed by atoms with Crippen LogP contribution in [-0.2, 0) is 6.18 Å². The number of rotatable bonds is 2. The smallest absolute Gasteiger partial charge is 0.243 e. The molecule has 1 unspecified atom stereocenters. The lowest BCUT2D eigenvalue weighted by molar-refractivity contribution is -0.137. The van der Waals surface area contributed by atoms with Crippen molar-refractivity contribution in [2.75, 3.05) is 18.8 Å². The summed E-state index contributed by atoms with van der Waals surface area (Å²) >= 11 is 0. The summed E-state index contributed by atoms with van der Waals surface area (Å²) in [6.45, 7) is 1.99. The molecule has 0 fully saturated rings. The molecule has 0 aromatic heterocycles. The average Bonchev–Trinajstić information content (AvgIpc) is 2.14. The first kappa shape index (κ1) is 13.4. The molecule has 0 N–H and O–H groups in total. The SMILES string of the molecule is CC(c1cccc(C(F)(F)F)c1)S(C)(C)C. The van der Waals surface area contributed by atoms with Gasteiger partial charge in [-0.15, -0.1) is 0 Å². The second kappa shape index (κ2) is 4.32. The Morgan fingerprint density at radius 3 is 2.12 bits per heavy atom. The van der Waals surface area contributed by atoms with E-state index in [0.29, 0.717) is 0 Å². The molecule has 0 saturated carbocycles. The lowest BCUT2D eigenvalue weighted by atomic mass is 10.1. The first-order valence-corrected chi connectivity index (χ1v) is 7.89. The molecule has 0 aliphatic rings. The van der Waals surface area contributed by atoms with E-state index in [9.17, 15) is 13.2 Å². The van der Waals surface area contributed by atoms with Crippen LogP contribution in [0.2, 0.25) is 0 Å². The molecule has 0 aliphatic carbocycles. The summed E-state index contributed by atoms with van der Waals surface area (Å²) in [5, 5.41) is 0.176. The minimum atomic E-state index is -4.25. The van der Waals surface area contributed by atoms with Crippen molar-refractivity contribution in [2.45, 2.75) is 18.3 Å². The van der Waals surface area contributed by atoms with Crippen LogP contribution in [0.15, 0.2) is 24.3 Å². The molecule has 1 aromatic rings. The van der Waals surface area contributed by atoms with E-state index in [1.54, 1.807) is 6.07 Å². The van der Waals surface area contributed by atoms with Gasteiger partial charge in [0.15, 0.2) is 0 Å². The summed E-state index contributed by atoms with van der Waals surface area (Å²) in [6.07, 6.45) is 2.08. The number of hydrogen-bond donors (Lipinski definition) is 0. The molecule has 92 valence electrons. The maximum atomic E-state index is 12.5.